The zero-order valence-electron chi connectivity index (χ0n) is 25.8. The summed E-state index contributed by atoms with van der Waals surface area (Å²) in [5, 5.41) is 3.96. The standard InChI is InChI=1S/C36H49N5/c1-21-5-6-30(14-31(21)38-23(3)7-22(2)37-4)32-39-33(35-15-24-8-25(16-35)10-26(9-24)17-35)41-34(40-32)36-18-27-11-28(19-36)13-29(12-27)20-36/h5-6,14,24-29,33H,7-13,15-20H2,1-4H3,(H,39,40,41). The Morgan fingerprint density at radius 2 is 1.37 bits per heavy atom. The van der Waals surface area contributed by atoms with Crippen LogP contribution in [0.25, 0.3) is 0 Å². The van der Waals surface area contributed by atoms with Crippen LogP contribution in [0.4, 0.5) is 5.69 Å². The molecular formula is C36H49N5. The number of aliphatic imine (C=N–C) groups is 4. The maximum absolute atomic E-state index is 5.75. The molecule has 5 heteroatoms. The summed E-state index contributed by atoms with van der Waals surface area (Å²) in [5.41, 5.74) is 6.18. The third-order valence-electron chi connectivity index (χ3n) is 12.6. The Kier molecular flexibility index (Phi) is 6.17. The monoisotopic (exact) mass is 551 g/mol. The first kappa shape index (κ1) is 26.3. The first-order valence-corrected chi connectivity index (χ1v) is 16.8. The van der Waals surface area contributed by atoms with Gasteiger partial charge in [0.25, 0.3) is 0 Å². The lowest BCUT2D eigenvalue weighted by molar-refractivity contribution is -0.0659. The minimum absolute atomic E-state index is 0.0774. The van der Waals surface area contributed by atoms with Gasteiger partial charge in [0.1, 0.15) is 17.8 Å². The fourth-order valence-corrected chi connectivity index (χ4v) is 11.6. The van der Waals surface area contributed by atoms with Gasteiger partial charge < -0.3 is 5.32 Å². The van der Waals surface area contributed by atoms with E-state index in [-0.39, 0.29) is 17.0 Å². The number of nitrogens with zero attached hydrogens (tertiary/aromatic N) is 4. The summed E-state index contributed by atoms with van der Waals surface area (Å²) in [4.78, 5) is 20.7. The highest BCUT2D eigenvalue weighted by molar-refractivity contribution is 6.12. The van der Waals surface area contributed by atoms with E-state index in [4.69, 9.17) is 15.0 Å². The maximum atomic E-state index is 5.75. The van der Waals surface area contributed by atoms with Crippen molar-refractivity contribution in [2.45, 2.75) is 110 Å². The molecule has 1 aromatic carbocycles. The lowest BCUT2D eigenvalue weighted by Crippen LogP contribution is -2.58. The predicted octanol–water partition coefficient (Wildman–Crippen LogP) is 8.08. The van der Waals surface area contributed by atoms with E-state index in [2.05, 4.69) is 49.3 Å². The van der Waals surface area contributed by atoms with Crippen LogP contribution in [0.3, 0.4) is 0 Å². The third-order valence-corrected chi connectivity index (χ3v) is 12.6. The Bertz CT molecular complexity index is 1290. The highest BCUT2D eigenvalue weighted by Gasteiger charge is 2.58. The van der Waals surface area contributed by atoms with Crippen molar-refractivity contribution < 1.29 is 0 Å². The molecule has 218 valence electrons. The van der Waals surface area contributed by atoms with Crippen LogP contribution in [0.5, 0.6) is 0 Å². The molecular weight excluding hydrogens is 502 g/mol. The van der Waals surface area contributed by atoms with E-state index in [9.17, 15) is 0 Å². The molecule has 1 N–H and O–H groups in total. The van der Waals surface area contributed by atoms with Gasteiger partial charge in [-0.25, -0.2) is 9.98 Å². The second-order valence-corrected chi connectivity index (χ2v) is 15.9. The fourth-order valence-electron chi connectivity index (χ4n) is 11.6. The van der Waals surface area contributed by atoms with Gasteiger partial charge in [0, 0.05) is 41.3 Å². The van der Waals surface area contributed by atoms with Crippen LogP contribution in [0, 0.1) is 53.3 Å². The van der Waals surface area contributed by atoms with E-state index in [1.165, 1.54) is 94.0 Å². The molecule has 8 fully saturated rings. The van der Waals surface area contributed by atoms with Crippen molar-refractivity contribution in [1.29, 1.82) is 0 Å². The molecule has 1 aliphatic heterocycles. The lowest BCUT2D eigenvalue weighted by Gasteiger charge is -2.59. The zero-order chi connectivity index (χ0) is 27.9. The Morgan fingerprint density at radius 1 is 0.805 bits per heavy atom. The van der Waals surface area contributed by atoms with Gasteiger partial charge in [-0.1, -0.05) is 12.1 Å². The maximum Gasteiger partial charge on any atom is 0.149 e. The highest BCUT2D eigenvalue weighted by Crippen LogP contribution is 2.64. The SMILES string of the molecule is CN=C(C)CC(C)=Nc1cc(C2=NC(C34CC5CC(CC(C5)C3)C4)N=C(C34CC5CC(CC(C5)C3)C4)N2)ccc1C. The molecule has 8 bridgehead atoms. The van der Waals surface area contributed by atoms with Crippen LogP contribution < -0.4 is 5.32 Å². The number of nitrogens with one attached hydrogen (secondary N) is 1. The summed E-state index contributed by atoms with van der Waals surface area (Å²) in [5.74, 6) is 7.83. The molecule has 10 rings (SSSR count). The van der Waals surface area contributed by atoms with E-state index < -0.39 is 0 Å². The molecule has 0 aromatic heterocycles. The first-order valence-electron chi connectivity index (χ1n) is 16.8. The number of benzene rings is 1. The molecule has 9 aliphatic rings. The van der Waals surface area contributed by atoms with Crippen LogP contribution in [0.15, 0.2) is 38.2 Å². The Morgan fingerprint density at radius 3 is 1.93 bits per heavy atom. The number of hydrogen-bond acceptors (Lipinski definition) is 5. The largest absolute Gasteiger partial charge is 0.328 e. The predicted molar refractivity (Wildman–Crippen MR) is 170 cm³/mol. The Hall–Kier alpha value is -2.30. The first-order chi connectivity index (χ1) is 19.8. The second-order valence-electron chi connectivity index (χ2n) is 15.9. The van der Waals surface area contributed by atoms with Crippen molar-refractivity contribution >= 4 is 28.8 Å². The van der Waals surface area contributed by atoms with Crippen LogP contribution in [-0.2, 0) is 0 Å². The van der Waals surface area contributed by atoms with Crippen molar-refractivity contribution in [2.75, 3.05) is 7.05 Å². The molecule has 1 unspecified atom stereocenters. The zero-order valence-corrected chi connectivity index (χ0v) is 25.8. The number of amidine groups is 2. The van der Waals surface area contributed by atoms with Crippen molar-refractivity contribution in [3.63, 3.8) is 0 Å². The van der Waals surface area contributed by atoms with Gasteiger partial charge >= 0.3 is 0 Å². The topological polar surface area (TPSA) is 61.5 Å². The van der Waals surface area contributed by atoms with Gasteiger partial charge in [-0.3, -0.25) is 9.98 Å². The quantitative estimate of drug-likeness (QED) is 0.357. The number of hydrogen-bond donors (Lipinski definition) is 1. The fraction of sp³-hybridized carbons (Fsp3) is 0.722. The normalized spacial score (nSPS) is 42.8. The highest BCUT2D eigenvalue weighted by atomic mass is 15.2. The molecule has 0 saturated heterocycles. The van der Waals surface area contributed by atoms with Crippen LogP contribution in [0.2, 0.25) is 0 Å². The summed E-state index contributed by atoms with van der Waals surface area (Å²) in [6.07, 6.45) is 17.7. The summed E-state index contributed by atoms with van der Waals surface area (Å²) < 4.78 is 0. The second kappa shape index (κ2) is 9.61. The van der Waals surface area contributed by atoms with Gasteiger partial charge in [-0.2, -0.15) is 0 Å². The van der Waals surface area contributed by atoms with Gasteiger partial charge in [0.2, 0.25) is 0 Å². The minimum atomic E-state index is 0.0774. The summed E-state index contributed by atoms with van der Waals surface area (Å²) in [7, 11) is 1.87. The van der Waals surface area contributed by atoms with Crippen molar-refractivity contribution in [3.05, 3.63) is 29.3 Å². The van der Waals surface area contributed by atoms with E-state index in [1.54, 1.807) is 0 Å². The van der Waals surface area contributed by atoms with Crippen molar-refractivity contribution in [2.24, 2.45) is 66.3 Å². The third kappa shape index (κ3) is 4.56. The molecule has 5 nitrogen and oxygen atoms in total. The average molecular weight is 552 g/mol. The molecule has 1 aromatic rings. The van der Waals surface area contributed by atoms with Gasteiger partial charge in [-0.15, -0.1) is 0 Å². The van der Waals surface area contributed by atoms with Crippen LogP contribution >= 0.6 is 0 Å². The van der Waals surface area contributed by atoms with E-state index >= 15 is 0 Å². The summed E-state index contributed by atoms with van der Waals surface area (Å²) in [6, 6.07) is 6.79. The van der Waals surface area contributed by atoms with Crippen LogP contribution in [0.1, 0.15) is 108 Å². The average Bonchev–Trinajstić information content (AvgIpc) is 2.92. The van der Waals surface area contributed by atoms with Crippen molar-refractivity contribution in [1.82, 2.24) is 5.32 Å². The summed E-state index contributed by atoms with van der Waals surface area (Å²) >= 11 is 0. The number of aryl methyl sites for hydroxylation is 1. The summed E-state index contributed by atoms with van der Waals surface area (Å²) in [6.45, 7) is 6.38. The molecule has 0 amide bonds. The smallest absolute Gasteiger partial charge is 0.149 e. The van der Waals surface area contributed by atoms with Gasteiger partial charge in [0.05, 0.1) is 5.69 Å². The molecule has 41 heavy (non-hydrogen) atoms. The molecule has 8 saturated carbocycles. The van der Waals surface area contributed by atoms with E-state index in [0.717, 1.165) is 64.9 Å². The van der Waals surface area contributed by atoms with Crippen molar-refractivity contribution in [3.8, 4) is 0 Å². The molecule has 0 radical (unpaired) electrons. The van der Waals surface area contributed by atoms with Gasteiger partial charge in [0.15, 0.2) is 0 Å². The number of rotatable bonds is 6. The lowest BCUT2D eigenvalue weighted by atomic mass is 9.48. The Labute approximate surface area is 246 Å². The van der Waals surface area contributed by atoms with E-state index in [1.807, 2.05) is 7.05 Å². The molecule has 1 atom stereocenters. The molecule has 8 aliphatic carbocycles. The van der Waals surface area contributed by atoms with Gasteiger partial charge in [-0.05, 0) is 145 Å². The Balaban J connectivity index is 1.18. The molecule has 0 spiro atoms. The van der Waals surface area contributed by atoms with E-state index in [0.29, 0.717) is 0 Å². The minimum Gasteiger partial charge on any atom is -0.328 e. The molecule has 1 heterocycles. The van der Waals surface area contributed by atoms with Crippen LogP contribution in [-0.4, -0.2) is 36.3 Å².